The van der Waals surface area contributed by atoms with Crippen molar-refractivity contribution in [3.05, 3.63) is 38.4 Å². The van der Waals surface area contributed by atoms with Gasteiger partial charge in [0.25, 0.3) is 0 Å². The molecule has 0 aliphatic rings. The molecule has 0 fully saturated rings. The zero-order chi connectivity index (χ0) is 20.8. The van der Waals surface area contributed by atoms with Gasteiger partial charge in [-0.2, -0.15) is 4.68 Å². The number of aryl methyl sites for hydroxylation is 1. The Labute approximate surface area is 163 Å². The van der Waals surface area contributed by atoms with Crippen molar-refractivity contribution in [1.82, 2.24) is 9.78 Å². The Morgan fingerprint density at radius 2 is 2.07 bits per heavy atom. The number of rotatable bonds is 8. The van der Waals surface area contributed by atoms with Crippen LogP contribution in [0.25, 0.3) is 0 Å². The third kappa shape index (κ3) is 4.71. The summed E-state index contributed by atoms with van der Waals surface area (Å²) in [7, 11) is 1.19. The quantitative estimate of drug-likeness (QED) is 0.396. The van der Waals surface area contributed by atoms with Gasteiger partial charge < -0.3 is 24.9 Å². The minimum Gasteiger partial charge on any atom is -0.465 e. The van der Waals surface area contributed by atoms with Crippen LogP contribution in [0.1, 0.15) is 38.9 Å². The number of esters is 2. The summed E-state index contributed by atoms with van der Waals surface area (Å²) in [6.07, 6.45) is 1.34. The molecule has 0 saturated heterocycles. The van der Waals surface area contributed by atoms with Crippen molar-refractivity contribution in [2.75, 3.05) is 19.0 Å². The molecule has 1 amide bonds. The molecular formula is C16H18N4O7S. The zero-order valence-corrected chi connectivity index (χ0v) is 16.2. The Balaban J connectivity index is 2.15. The Hall–Kier alpha value is -3.28. The molecular weight excluding hydrogens is 392 g/mol. The van der Waals surface area contributed by atoms with Gasteiger partial charge in [0, 0.05) is 6.42 Å². The minimum atomic E-state index is -0.692. The predicted octanol–water partition coefficient (Wildman–Crippen LogP) is 2.15. The summed E-state index contributed by atoms with van der Waals surface area (Å²) in [5.74, 6) is -2.07. The molecule has 0 aliphatic heterocycles. The molecule has 0 spiro atoms. The van der Waals surface area contributed by atoms with E-state index in [2.05, 4.69) is 10.4 Å². The summed E-state index contributed by atoms with van der Waals surface area (Å²) in [5, 5.41) is 17.1. The monoisotopic (exact) mass is 410 g/mol. The number of carbonyl (C=O) groups excluding carboxylic acids is 3. The third-order valence-corrected chi connectivity index (χ3v) is 4.82. The van der Waals surface area contributed by atoms with Gasteiger partial charge in [-0.15, -0.1) is 11.3 Å². The van der Waals surface area contributed by atoms with Gasteiger partial charge in [0.05, 0.1) is 43.2 Å². The highest BCUT2D eigenvalue weighted by molar-refractivity contribution is 7.18. The van der Waals surface area contributed by atoms with E-state index in [1.165, 1.54) is 24.1 Å². The van der Waals surface area contributed by atoms with Crippen LogP contribution in [0, 0.1) is 17.0 Å². The largest absolute Gasteiger partial charge is 0.465 e. The van der Waals surface area contributed by atoms with E-state index in [0.29, 0.717) is 5.56 Å². The van der Waals surface area contributed by atoms with Gasteiger partial charge in [-0.1, -0.05) is 0 Å². The van der Waals surface area contributed by atoms with Crippen LogP contribution in [0.5, 0.6) is 0 Å². The maximum Gasteiger partial charge on any atom is 0.389 e. The van der Waals surface area contributed by atoms with Crippen molar-refractivity contribution in [2.45, 2.75) is 26.8 Å². The summed E-state index contributed by atoms with van der Waals surface area (Å²) in [4.78, 5) is 46.6. The first-order valence-electron chi connectivity index (χ1n) is 8.15. The van der Waals surface area contributed by atoms with Crippen LogP contribution in [0.4, 0.5) is 10.8 Å². The van der Waals surface area contributed by atoms with Crippen molar-refractivity contribution in [3.63, 3.8) is 0 Å². The number of hydrogen-bond donors (Lipinski definition) is 1. The number of amides is 1. The molecule has 11 nitrogen and oxygen atoms in total. The van der Waals surface area contributed by atoms with E-state index in [1.807, 2.05) is 0 Å². The molecule has 0 saturated carbocycles. The molecule has 0 atom stereocenters. The van der Waals surface area contributed by atoms with Crippen LogP contribution in [-0.4, -0.2) is 46.3 Å². The van der Waals surface area contributed by atoms with Gasteiger partial charge in [-0.25, -0.2) is 9.59 Å². The number of methoxy groups -OCH3 is 1. The van der Waals surface area contributed by atoms with Crippen molar-refractivity contribution in [3.8, 4) is 0 Å². The summed E-state index contributed by atoms with van der Waals surface area (Å²) >= 11 is 0.917. The van der Waals surface area contributed by atoms with E-state index in [1.54, 1.807) is 13.8 Å². The average molecular weight is 410 g/mol. The lowest BCUT2D eigenvalue weighted by Gasteiger charge is -2.05. The molecule has 150 valence electrons. The van der Waals surface area contributed by atoms with Crippen molar-refractivity contribution in [2.24, 2.45) is 0 Å². The second kappa shape index (κ2) is 9.08. The molecule has 2 aromatic rings. The maximum atomic E-state index is 12.3. The van der Waals surface area contributed by atoms with Crippen molar-refractivity contribution >= 4 is 40.0 Å². The summed E-state index contributed by atoms with van der Waals surface area (Å²) in [6, 6.07) is 1.22. The number of nitrogens with one attached hydrogen (secondary N) is 1. The summed E-state index contributed by atoms with van der Waals surface area (Å²) < 4.78 is 11.0. The van der Waals surface area contributed by atoms with Gasteiger partial charge in [0.15, 0.2) is 0 Å². The number of carbonyl (C=O) groups is 3. The van der Waals surface area contributed by atoms with E-state index >= 15 is 0 Å². The van der Waals surface area contributed by atoms with Crippen LogP contribution < -0.4 is 5.32 Å². The number of anilines is 1. The second-order valence-corrected chi connectivity index (χ2v) is 6.49. The smallest absolute Gasteiger partial charge is 0.389 e. The predicted molar refractivity (Wildman–Crippen MR) is 98.5 cm³/mol. The van der Waals surface area contributed by atoms with Crippen LogP contribution in [0.15, 0.2) is 12.3 Å². The van der Waals surface area contributed by atoms with Crippen molar-refractivity contribution in [1.29, 1.82) is 0 Å². The highest BCUT2D eigenvalue weighted by Crippen LogP contribution is 2.34. The fraction of sp³-hybridized carbons (Fsp3) is 0.375. The molecule has 2 aromatic heterocycles. The first-order chi connectivity index (χ1) is 13.3. The van der Waals surface area contributed by atoms with E-state index < -0.39 is 22.8 Å². The van der Waals surface area contributed by atoms with Gasteiger partial charge in [-0.05, 0) is 24.3 Å². The number of nitro groups is 1. The van der Waals surface area contributed by atoms with Gasteiger partial charge in [0.1, 0.15) is 9.88 Å². The Kier molecular flexibility index (Phi) is 6.82. The highest BCUT2D eigenvalue weighted by atomic mass is 32.1. The molecule has 0 unspecified atom stereocenters. The molecule has 1 N–H and O–H groups in total. The van der Waals surface area contributed by atoms with E-state index in [-0.39, 0.29) is 40.8 Å². The van der Waals surface area contributed by atoms with Crippen LogP contribution in [0.2, 0.25) is 0 Å². The number of nitrogens with zero attached hydrogens (tertiary/aromatic N) is 3. The van der Waals surface area contributed by atoms with Crippen molar-refractivity contribution < 1.29 is 28.8 Å². The highest BCUT2D eigenvalue weighted by Gasteiger charge is 2.27. The first-order valence-corrected chi connectivity index (χ1v) is 8.96. The molecule has 2 heterocycles. The van der Waals surface area contributed by atoms with Crippen LogP contribution in [0.3, 0.4) is 0 Å². The number of thiophene rings is 1. The third-order valence-electron chi connectivity index (χ3n) is 3.63. The molecule has 2 rings (SSSR count). The number of ether oxygens (including phenoxy) is 2. The summed E-state index contributed by atoms with van der Waals surface area (Å²) in [5.41, 5.74) is 0.437. The fourth-order valence-electron chi connectivity index (χ4n) is 2.32. The Bertz CT molecular complexity index is 918. The summed E-state index contributed by atoms with van der Waals surface area (Å²) in [6.45, 7) is 3.49. The van der Waals surface area contributed by atoms with Gasteiger partial charge >= 0.3 is 17.8 Å². The minimum absolute atomic E-state index is 0.0505. The molecule has 0 aromatic carbocycles. The standard InChI is InChI=1S/C16H18N4O7S/c1-4-27-16(23)13-9(2)12(15(22)26-3)14(28-13)17-11(21)6-8-19-7-5-10(18-19)20(24)25/h5,7H,4,6,8H2,1-3H3,(H,17,21). The van der Waals surface area contributed by atoms with Gasteiger partial charge in [-0.3, -0.25) is 4.79 Å². The lowest BCUT2D eigenvalue weighted by molar-refractivity contribution is -0.389. The number of hydrogen-bond acceptors (Lipinski definition) is 9. The Morgan fingerprint density at radius 3 is 2.64 bits per heavy atom. The number of aromatic nitrogens is 2. The van der Waals surface area contributed by atoms with Crippen LogP contribution >= 0.6 is 11.3 Å². The molecule has 0 bridgehead atoms. The van der Waals surface area contributed by atoms with E-state index in [0.717, 1.165) is 11.3 Å². The first kappa shape index (κ1) is 21.0. The lowest BCUT2D eigenvalue weighted by Crippen LogP contribution is -2.16. The molecule has 28 heavy (non-hydrogen) atoms. The molecule has 0 radical (unpaired) electrons. The SMILES string of the molecule is CCOC(=O)c1sc(NC(=O)CCn2ccc([N+](=O)[O-])n2)c(C(=O)OC)c1C. The van der Waals surface area contributed by atoms with E-state index in [4.69, 9.17) is 9.47 Å². The maximum absolute atomic E-state index is 12.3. The normalized spacial score (nSPS) is 10.4. The van der Waals surface area contributed by atoms with E-state index in [9.17, 15) is 24.5 Å². The zero-order valence-electron chi connectivity index (χ0n) is 15.4. The molecule has 12 heteroatoms. The average Bonchev–Trinajstić information content (AvgIpc) is 3.24. The van der Waals surface area contributed by atoms with Crippen LogP contribution in [-0.2, 0) is 20.8 Å². The fourth-order valence-corrected chi connectivity index (χ4v) is 3.42. The second-order valence-electron chi connectivity index (χ2n) is 5.46. The Morgan fingerprint density at radius 1 is 1.36 bits per heavy atom. The molecule has 0 aliphatic carbocycles. The van der Waals surface area contributed by atoms with Gasteiger partial charge in [0.2, 0.25) is 5.91 Å². The topological polar surface area (TPSA) is 143 Å². The lowest BCUT2D eigenvalue weighted by atomic mass is 10.1.